The van der Waals surface area contributed by atoms with E-state index < -0.39 is 29.9 Å². The van der Waals surface area contributed by atoms with Gasteiger partial charge in [-0.1, -0.05) is 0 Å². The van der Waals surface area contributed by atoms with Crippen molar-refractivity contribution in [2.24, 2.45) is 7.05 Å². The van der Waals surface area contributed by atoms with Gasteiger partial charge in [-0.15, -0.1) is 0 Å². The van der Waals surface area contributed by atoms with E-state index in [-0.39, 0.29) is 5.69 Å². The lowest BCUT2D eigenvalue weighted by Crippen LogP contribution is -2.46. The maximum Gasteiger partial charge on any atom is 0.425 e. The third-order valence-corrected chi connectivity index (χ3v) is 3.04. The van der Waals surface area contributed by atoms with Crippen LogP contribution in [0.15, 0.2) is 36.9 Å². The Morgan fingerprint density at radius 2 is 1.95 bits per heavy atom. The van der Waals surface area contributed by atoms with Gasteiger partial charge in [0.25, 0.3) is 0 Å². The molecule has 1 amide bonds. The number of amides is 1. The number of halogens is 3. The Morgan fingerprint density at radius 3 is 2.45 bits per heavy atom. The number of pyridine rings is 1. The molecular weight excluding hydrogens is 301 g/mol. The van der Waals surface area contributed by atoms with Crippen molar-refractivity contribution in [2.75, 3.05) is 5.32 Å². The monoisotopic (exact) mass is 314 g/mol. The Morgan fingerprint density at radius 1 is 1.32 bits per heavy atom. The summed E-state index contributed by atoms with van der Waals surface area (Å²) in [5.74, 6) is -1.64. The Labute approximate surface area is 123 Å². The molecule has 0 saturated heterocycles. The standard InChI is InChI=1S/C13H13F3N4O2/c1-20-7-6-18-11(20)12(22,13(14,15)16)8-10(21)19-9-2-4-17-5-3-9/h2-7,22H,8H2,1H3,(H,17,19,21). The molecule has 0 radical (unpaired) electrons. The first-order valence-electron chi connectivity index (χ1n) is 6.21. The van der Waals surface area contributed by atoms with Crippen LogP contribution in [-0.4, -0.2) is 31.7 Å². The van der Waals surface area contributed by atoms with Gasteiger partial charge in [0.1, 0.15) is 0 Å². The van der Waals surface area contributed by atoms with E-state index in [1.165, 1.54) is 37.8 Å². The average molecular weight is 314 g/mol. The van der Waals surface area contributed by atoms with E-state index in [0.29, 0.717) is 0 Å². The number of alkyl halides is 3. The molecule has 0 aromatic carbocycles. The van der Waals surface area contributed by atoms with Crippen molar-refractivity contribution in [3.05, 3.63) is 42.7 Å². The molecule has 9 heteroatoms. The zero-order chi connectivity index (χ0) is 16.4. The van der Waals surface area contributed by atoms with Crippen molar-refractivity contribution >= 4 is 11.6 Å². The van der Waals surface area contributed by atoms with Gasteiger partial charge in [-0.3, -0.25) is 9.78 Å². The highest BCUT2D eigenvalue weighted by Crippen LogP contribution is 2.40. The number of nitrogens with one attached hydrogen (secondary N) is 1. The van der Waals surface area contributed by atoms with E-state index in [9.17, 15) is 23.1 Å². The van der Waals surface area contributed by atoms with Gasteiger partial charge in [-0.05, 0) is 12.1 Å². The van der Waals surface area contributed by atoms with Crippen molar-refractivity contribution < 1.29 is 23.1 Å². The minimum Gasteiger partial charge on any atom is -0.374 e. The van der Waals surface area contributed by atoms with Gasteiger partial charge >= 0.3 is 6.18 Å². The van der Waals surface area contributed by atoms with Crippen LogP contribution >= 0.6 is 0 Å². The van der Waals surface area contributed by atoms with Crippen LogP contribution in [0.3, 0.4) is 0 Å². The normalized spacial score (nSPS) is 14.4. The van der Waals surface area contributed by atoms with Crippen LogP contribution in [0, 0.1) is 0 Å². The SMILES string of the molecule is Cn1ccnc1C(O)(CC(=O)Nc1ccncc1)C(F)(F)F. The maximum absolute atomic E-state index is 13.3. The smallest absolute Gasteiger partial charge is 0.374 e. The minimum absolute atomic E-state index is 0.282. The number of rotatable bonds is 4. The molecule has 2 rings (SSSR count). The Bertz CT molecular complexity index is 657. The second kappa shape index (κ2) is 5.76. The van der Waals surface area contributed by atoms with E-state index in [1.54, 1.807) is 0 Å². The highest BCUT2D eigenvalue weighted by molar-refractivity contribution is 5.91. The highest BCUT2D eigenvalue weighted by atomic mass is 19.4. The topological polar surface area (TPSA) is 80.0 Å². The van der Waals surface area contributed by atoms with E-state index in [2.05, 4.69) is 15.3 Å². The van der Waals surface area contributed by atoms with E-state index >= 15 is 0 Å². The molecule has 0 aliphatic carbocycles. The number of aliphatic hydroxyl groups is 1. The molecule has 0 spiro atoms. The molecule has 0 saturated carbocycles. The molecule has 22 heavy (non-hydrogen) atoms. The van der Waals surface area contributed by atoms with Gasteiger partial charge in [0.05, 0.1) is 6.42 Å². The largest absolute Gasteiger partial charge is 0.425 e. The van der Waals surface area contributed by atoms with Crippen molar-refractivity contribution in [3.63, 3.8) is 0 Å². The molecule has 0 aliphatic heterocycles. The summed E-state index contributed by atoms with van der Waals surface area (Å²) in [6.07, 6.45) is -1.13. The first-order valence-corrected chi connectivity index (χ1v) is 6.21. The molecule has 2 heterocycles. The third-order valence-electron chi connectivity index (χ3n) is 3.04. The number of nitrogens with zero attached hydrogens (tertiary/aromatic N) is 3. The van der Waals surface area contributed by atoms with Gasteiger partial charge in [0.2, 0.25) is 11.5 Å². The van der Waals surface area contributed by atoms with Crippen molar-refractivity contribution in [1.82, 2.24) is 14.5 Å². The number of anilines is 1. The summed E-state index contributed by atoms with van der Waals surface area (Å²) in [4.78, 5) is 19.1. The fourth-order valence-corrected chi connectivity index (χ4v) is 1.94. The minimum atomic E-state index is -5.05. The van der Waals surface area contributed by atoms with Gasteiger partial charge in [0, 0.05) is 37.5 Å². The number of hydrogen-bond acceptors (Lipinski definition) is 4. The van der Waals surface area contributed by atoms with Crippen LogP contribution in [-0.2, 0) is 17.4 Å². The van der Waals surface area contributed by atoms with Gasteiger partial charge < -0.3 is 15.0 Å². The van der Waals surface area contributed by atoms with Crippen molar-refractivity contribution in [3.8, 4) is 0 Å². The van der Waals surface area contributed by atoms with Crippen LogP contribution in [0.1, 0.15) is 12.2 Å². The average Bonchev–Trinajstić information content (AvgIpc) is 2.85. The van der Waals surface area contributed by atoms with Crippen LogP contribution in [0.25, 0.3) is 0 Å². The van der Waals surface area contributed by atoms with Crippen LogP contribution in [0.2, 0.25) is 0 Å². The molecule has 0 fully saturated rings. The van der Waals surface area contributed by atoms with Crippen LogP contribution in [0.4, 0.5) is 18.9 Å². The van der Waals surface area contributed by atoms with Gasteiger partial charge in [-0.25, -0.2) is 4.98 Å². The highest BCUT2D eigenvalue weighted by Gasteiger charge is 2.58. The molecule has 2 N–H and O–H groups in total. The summed E-state index contributed by atoms with van der Waals surface area (Å²) in [7, 11) is 1.31. The van der Waals surface area contributed by atoms with Crippen LogP contribution < -0.4 is 5.32 Å². The Kier molecular flexibility index (Phi) is 4.18. The fourth-order valence-electron chi connectivity index (χ4n) is 1.94. The molecule has 2 aromatic rings. The van der Waals surface area contributed by atoms with Crippen molar-refractivity contribution in [1.29, 1.82) is 0 Å². The Balaban J connectivity index is 2.25. The lowest BCUT2D eigenvalue weighted by atomic mass is 9.97. The lowest BCUT2D eigenvalue weighted by Gasteiger charge is -2.29. The molecular formula is C13H13F3N4O2. The third kappa shape index (κ3) is 3.08. The number of hydrogen-bond donors (Lipinski definition) is 2. The van der Waals surface area contributed by atoms with E-state index in [1.807, 2.05) is 0 Å². The van der Waals surface area contributed by atoms with Gasteiger partial charge in [-0.2, -0.15) is 13.2 Å². The summed E-state index contributed by atoms with van der Waals surface area (Å²) in [6, 6.07) is 2.84. The summed E-state index contributed by atoms with van der Waals surface area (Å²) in [6.45, 7) is 0. The van der Waals surface area contributed by atoms with E-state index in [4.69, 9.17) is 0 Å². The molecule has 2 aromatic heterocycles. The van der Waals surface area contributed by atoms with Gasteiger partial charge in [0.15, 0.2) is 5.82 Å². The second-order valence-corrected chi connectivity index (χ2v) is 4.68. The van der Waals surface area contributed by atoms with Crippen LogP contribution in [0.5, 0.6) is 0 Å². The molecule has 6 nitrogen and oxygen atoms in total. The molecule has 1 atom stereocenters. The first-order chi connectivity index (χ1) is 10.2. The number of aryl methyl sites for hydroxylation is 1. The zero-order valence-corrected chi connectivity index (χ0v) is 11.5. The predicted octanol–water partition coefficient (Wildman–Crippen LogP) is 1.59. The molecule has 118 valence electrons. The molecule has 0 bridgehead atoms. The molecule has 0 aliphatic rings. The predicted molar refractivity (Wildman–Crippen MR) is 70.6 cm³/mol. The number of carbonyl (C=O) groups is 1. The van der Waals surface area contributed by atoms with E-state index in [0.717, 1.165) is 10.8 Å². The summed E-state index contributed by atoms with van der Waals surface area (Å²) in [5, 5.41) is 12.3. The second-order valence-electron chi connectivity index (χ2n) is 4.68. The number of aromatic nitrogens is 3. The maximum atomic E-state index is 13.3. The quantitative estimate of drug-likeness (QED) is 0.898. The summed E-state index contributed by atoms with van der Waals surface area (Å²) < 4.78 is 40.8. The summed E-state index contributed by atoms with van der Waals surface area (Å²) >= 11 is 0. The fraction of sp³-hybridized carbons (Fsp3) is 0.308. The van der Waals surface area contributed by atoms with Crippen molar-refractivity contribution in [2.45, 2.75) is 18.2 Å². The Hall–Kier alpha value is -2.42. The molecule has 1 unspecified atom stereocenters. The summed E-state index contributed by atoms with van der Waals surface area (Å²) in [5.41, 5.74) is -3.09. The number of imidazole rings is 1. The zero-order valence-electron chi connectivity index (χ0n) is 11.5. The first kappa shape index (κ1) is 16.0. The lowest BCUT2D eigenvalue weighted by molar-refractivity contribution is -0.270. The number of carbonyl (C=O) groups excluding carboxylic acids is 1.